The number of rotatable bonds is 6. The van der Waals surface area contributed by atoms with Gasteiger partial charge < -0.3 is 19.6 Å². The van der Waals surface area contributed by atoms with E-state index >= 15 is 0 Å². The molecule has 0 saturated carbocycles. The van der Waals surface area contributed by atoms with Crippen LogP contribution in [0.5, 0.6) is 5.75 Å². The van der Waals surface area contributed by atoms with Crippen LogP contribution in [0.2, 0.25) is 0 Å². The minimum absolute atomic E-state index is 0.246. The Balaban J connectivity index is 2.06. The van der Waals surface area contributed by atoms with Crippen LogP contribution in [0.3, 0.4) is 0 Å². The van der Waals surface area contributed by atoms with Gasteiger partial charge in [-0.3, -0.25) is 4.79 Å². The van der Waals surface area contributed by atoms with Crippen molar-refractivity contribution in [1.82, 2.24) is 5.32 Å². The van der Waals surface area contributed by atoms with Crippen LogP contribution in [0.1, 0.15) is 19.4 Å². The fourth-order valence-corrected chi connectivity index (χ4v) is 2.27. The van der Waals surface area contributed by atoms with E-state index in [9.17, 15) is 14.4 Å². The Morgan fingerprint density at radius 3 is 2.62 bits per heavy atom. The number of aliphatic carboxylic acids is 1. The van der Waals surface area contributed by atoms with E-state index in [0.29, 0.717) is 11.3 Å². The lowest BCUT2D eigenvalue weighted by Crippen LogP contribution is -2.46. The van der Waals surface area contributed by atoms with Crippen molar-refractivity contribution in [2.24, 2.45) is 5.92 Å². The van der Waals surface area contributed by atoms with Crippen molar-refractivity contribution in [3.05, 3.63) is 40.2 Å². The van der Waals surface area contributed by atoms with Crippen LogP contribution in [-0.2, 0) is 9.59 Å². The highest BCUT2D eigenvalue weighted by molar-refractivity contribution is 5.85. The number of hydrogen-bond donors (Lipinski definition) is 2. The summed E-state index contributed by atoms with van der Waals surface area (Å²) in [6.45, 7) is 4.87. The second kappa shape index (κ2) is 7.16. The molecule has 1 atom stereocenters. The molecule has 1 amide bonds. The maximum Gasteiger partial charge on any atom is 0.336 e. The van der Waals surface area contributed by atoms with Gasteiger partial charge in [0.1, 0.15) is 17.4 Å². The summed E-state index contributed by atoms with van der Waals surface area (Å²) in [5, 5.41) is 12.2. The van der Waals surface area contributed by atoms with Crippen LogP contribution < -0.4 is 15.7 Å². The van der Waals surface area contributed by atoms with Crippen LogP contribution in [-0.4, -0.2) is 29.6 Å². The molecule has 1 heterocycles. The highest BCUT2D eigenvalue weighted by atomic mass is 16.5. The molecule has 0 aliphatic rings. The van der Waals surface area contributed by atoms with Gasteiger partial charge in [0, 0.05) is 17.5 Å². The predicted molar refractivity (Wildman–Crippen MR) is 87.1 cm³/mol. The molecular formula is C17H19NO6. The molecule has 0 spiro atoms. The fourth-order valence-electron chi connectivity index (χ4n) is 2.27. The van der Waals surface area contributed by atoms with Crippen LogP contribution in [0.25, 0.3) is 11.0 Å². The summed E-state index contributed by atoms with van der Waals surface area (Å²) in [5.41, 5.74) is 0.686. The van der Waals surface area contributed by atoms with E-state index in [0.717, 1.165) is 10.9 Å². The zero-order chi connectivity index (χ0) is 17.9. The molecule has 0 fully saturated rings. The van der Waals surface area contributed by atoms with Crippen molar-refractivity contribution in [2.75, 3.05) is 6.61 Å². The zero-order valence-corrected chi connectivity index (χ0v) is 13.7. The fraction of sp³-hybridized carbons (Fsp3) is 0.353. The van der Waals surface area contributed by atoms with Crippen molar-refractivity contribution in [3.8, 4) is 5.75 Å². The van der Waals surface area contributed by atoms with E-state index < -0.39 is 23.5 Å². The molecule has 0 bridgehead atoms. The first-order chi connectivity index (χ1) is 11.3. The Kier molecular flexibility index (Phi) is 5.23. The summed E-state index contributed by atoms with van der Waals surface area (Å²) in [4.78, 5) is 34.3. The van der Waals surface area contributed by atoms with Gasteiger partial charge in [0.05, 0.1) is 0 Å². The molecule has 7 nitrogen and oxygen atoms in total. The quantitative estimate of drug-likeness (QED) is 0.780. The number of carboxylic acids is 1. The number of carbonyl (C=O) groups excluding carboxylic acids is 1. The highest BCUT2D eigenvalue weighted by Gasteiger charge is 2.23. The van der Waals surface area contributed by atoms with Crippen molar-refractivity contribution < 1.29 is 23.8 Å². The minimum Gasteiger partial charge on any atom is -0.484 e. The summed E-state index contributed by atoms with van der Waals surface area (Å²) < 4.78 is 10.5. The number of nitrogens with one attached hydrogen (secondary N) is 1. The van der Waals surface area contributed by atoms with Crippen molar-refractivity contribution in [1.29, 1.82) is 0 Å². The molecule has 2 N–H and O–H groups in total. The predicted octanol–water partition coefficient (Wildman–Crippen LogP) is 1.71. The first-order valence-corrected chi connectivity index (χ1v) is 7.47. The highest BCUT2D eigenvalue weighted by Crippen LogP contribution is 2.22. The smallest absolute Gasteiger partial charge is 0.336 e. The van der Waals surface area contributed by atoms with Gasteiger partial charge in [0.2, 0.25) is 0 Å². The van der Waals surface area contributed by atoms with Crippen LogP contribution in [0, 0.1) is 12.8 Å². The Morgan fingerprint density at radius 1 is 1.29 bits per heavy atom. The average Bonchev–Trinajstić information content (AvgIpc) is 2.49. The molecule has 0 aliphatic heterocycles. The second-order valence-electron chi connectivity index (χ2n) is 5.82. The molecule has 24 heavy (non-hydrogen) atoms. The standard InChI is InChI=1S/C17H19NO6/c1-9(2)16(17(21)22)18-14(19)8-23-11-4-5-12-10(3)6-15(20)24-13(12)7-11/h4-7,9,16H,8H2,1-3H3,(H,18,19)(H,21,22)/t16-/m0/s1. The van der Waals surface area contributed by atoms with Gasteiger partial charge in [-0.05, 0) is 30.5 Å². The second-order valence-corrected chi connectivity index (χ2v) is 5.82. The number of hydrogen-bond acceptors (Lipinski definition) is 5. The first kappa shape index (κ1) is 17.5. The van der Waals surface area contributed by atoms with Gasteiger partial charge >= 0.3 is 11.6 Å². The lowest BCUT2D eigenvalue weighted by Gasteiger charge is -2.18. The van der Waals surface area contributed by atoms with Crippen molar-refractivity contribution in [3.63, 3.8) is 0 Å². The Bertz CT molecular complexity index is 823. The Labute approximate surface area is 138 Å². The molecule has 0 radical (unpaired) electrons. The van der Waals surface area contributed by atoms with Gasteiger partial charge in [-0.25, -0.2) is 9.59 Å². The van der Waals surface area contributed by atoms with E-state index in [1.54, 1.807) is 32.9 Å². The SMILES string of the molecule is Cc1cc(=O)oc2cc(OCC(=O)N[C@H](C(=O)O)C(C)C)ccc12. The van der Waals surface area contributed by atoms with Gasteiger partial charge in [0.25, 0.3) is 5.91 Å². The van der Waals surface area contributed by atoms with E-state index in [1.807, 2.05) is 0 Å². The maximum absolute atomic E-state index is 11.8. The number of ether oxygens (including phenoxy) is 1. The number of fused-ring (bicyclic) bond motifs is 1. The third kappa shape index (κ3) is 4.13. The lowest BCUT2D eigenvalue weighted by molar-refractivity contribution is -0.143. The zero-order valence-electron chi connectivity index (χ0n) is 13.7. The van der Waals surface area contributed by atoms with Gasteiger partial charge in [0.15, 0.2) is 6.61 Å². The van der Waals surface area contributed by atoms with Crippen LogP contribution in [0.4, 0.5) is 0 Å². The molecule has 7 heteroatoms. The molecule has 0 unspecified atom stereocenters. The summed E-state index contributed by atoms with van der Waals surface area (Å²) >= 11 is 0. The summed E-state index contributed by atoms with van der Waals surface area (Å²) in [6.07, 6.45) is 0. The Morgan fingerprint density at radius 2 is 2.00 bits per heavy atom. The summed E-state index contributed by atoms with van der Waals surface area (Å²) in [6, 6.07) is 5.33. The van der Waals surface area contributed by atoms with Gasteiger partial charge in [-0.1, -0.05) is 13.8 Å². The number of amides is 1. The van der Waals surface area contributed by atoms with Crippen LogP contribution >= 0.6 is 0 Å². The van der Waals surface area contributed by atoms with Crippen molar-refractivity contribution in [2.45, 2.75) is 26.8 Å². The number of aryl methyl sites for hydroxylation is 1. The molecule has 2 aromatic rings. The van der Waals surface area contributed by atoms with Crippen molar-refractivity contribution >= 4 is 22.8 Å². The van der Waals surface area contributed by atoms with E-state index in [2.05, 4.69) is 5.32 Å². The topological polar surface area (TPSA) is 106 Å². The van der Waals surface area contributed by atoms with Gasteiger partial charge in [-0.2, -0.15) is 0 Å². The number of carboxylic acid groups (broad SMARTS) is 1. The summed E-state index contributed by atoms with van der Waals surface area (Å²) in [5.74, 6) is -1.53. The third-order valence-electron chi connectivity index (χ3n) is 3.54. The Hall–Kier alpha value is -2.83. The van der Waals surface area contributed by atoms with E-state index in [-0.39, 0.29) is 12.5 Å². The lowest BCUT2D eigenvalue weighted by atomic mass is 10.1. The molecule has 0 saturated heterocycles. The first-order valence-electron chi connectivity index (χ1n) is 7.47. The largest absolute Gasteiger partial charge is 0.484 e. The normalized spacial score (nSPS) is 12.2. The van der Waals surface area contributed by atoms with E-state index in [4.69, 9.17) is 14.3 Å². The average molecular weight is 333 g/mol. The third-order valence-corrected chi connectivity index (χ3v) is 3.54. The summed E-state index contributed by atoms with van der Waals surface area (Å²) in [7, 11) is 0. The monoisotopic (exact) mass is 333 g/mol. The maximum atomic E-state index is 11.8. The van der Waals surface area contributed by atoms with E-state index in [1.165, 1.54) is 12.1 Å². The molecule has 2 rings (SSSR count). The van der Waals surface area contributed by atoms with Crippen LogP contribution in [0.15, 0.2) is 33.5 Å². The molecule has 1 aromatic carbocycles. The van der Waals surface area contributed by atoms with Gasteiger partial charge in [-0.15, -0.1) is 0 Å². The molecule has 1 aromatic heterocycles. The molecule has 0 aliphatic carbocycles. The molecule has 128 valence electrons. The number of carbonyl (C=O) groups is 2. The molecular weight excluding hydrogens is 314 g/mol. The number of benzene rings is 1. The minimum atomic E-state index is -1.10.